The maximum Gasteiger partial charge on any atom is 0.263 e. The molecule has 150 valence electrons. The lowest BCUT2D eigenvalue weighted by atomic mass is 10.1. The summed E-state index contributed by atoms with van der Waals surface area (Å²) in [4.78, 5) is 31.2. The van der Waals surface area contributed by atoms with Gasteiger partial charge in [0, 0.05) is 28.1 Å². The number of ketones is 1. The molecule has 0 saturated carbocycles. The van der Waals surface area contributed by atoms with Crippen molar-refractivity contribution in [2.45, 2.75) is 11.7 Å². The topological polar surface area (TPSA) is 52.0 Å². The summed E-state index contributed by atoms with van der Waals surface area (Å²) in [5, 5.41) is 3.65. The molecule has 0 atom stereocenters. The smallest absolute Gasteiger partial charge is 0.263 e. The van der Waals surface area contributed by atoms with Gasteiger partial charge in [0.25, 0.3) is 5.56 Å². The van der Waals surface area contributed by atoms with Gasteiger partial charge >= 0.3 is 0 Å². The monoisotopic (exact) mass is 452 g/mol. The average Bonchev–Trinajstić information content (AvgIpc) is 3.19. The molecule has 2 heterocycles. The minimum atomic E-state index is -0.124. The minimum Gasteiger partial charge on any atom is -0.293 e. The number of hydrogen-bond donors (Lipinski definition) is 0. The van der Waals surface area contributed by atoms with Gasteiger partial charge in [-0.15, -0.1) is 17.9 Å². The van der Waals surface area contributed by atoms with Crippen LogP contribution in [0, 0.1) is 0 Å². The van der Waals surface area contributed by atoms with Crippen LogP contribution in [0.1, 0.15) is 10.4 Å². The highest BCUT2D eigenvalue weighted by atomic mass is 35.5. The molecule has 4 nitrogen and oxygen atoms in total. The summed E-state index contributed by atoms with van der Waals surface area (Å²) in [6.45, 7) is 4.09. The highest BCUT2D eigenvalue weighted by molar-refractivity contribution is 7.99. The molecule has 0 radical (unpaired) electrons. The third-order valence-electron chi connectivity index (χ3n) is 4.55. The summed E-state index contributed by atoms with van der Waals surface area (Å²) < 4.78 is 1.58. The zero-order valence-electron chi connectivity index (χ0n) is 15.9. The molecule has 4 aromatic rings. The van der Waals surface area contributed by atoms with Crippen LogP contribution >= 0.6 is 34.7 Å². The Labute approximate surface area is 186 Å². The van der Waals surface area contributed by atoms with Gasteiger partial charge in [0.15, 0.2) is 10.9 Å². The summed E-state index contributed by atoms with van der Waals surface area (Å²) in [6, 6.07) is 16.6. The molecular weight excluding hydrogens is 436 g/mol. The van der Waals surface area contributed by atoms with Gasteiger partial charge in [0.1, 0.15) is 4.83 Å². The third-order valence-corrected chi connectivity index (χ3v) is 6.65. The fourth-order valence-electron chi connectivity index (χ4n) is 3.09. The van der Waals surface area contributed by atoms with Crippen LogP contribution in [0.15, 0.2) is 82.6 Å². The first-order valence-corrected chi connectivity index (χ1v) is 11.4. The van der Waals surface area contributed by atoms with Crippen molar-refractivity contribution < 1.29 is 4.79 Å². The number of nitrogens with zero attached hydrogens (tertiary/aromatic N) is 2. The maximum absolute atomic E-state index is 13.3. The minimum absolute atomic E-state index is 0.0488. The molecule has 4 rings (SSSR count). The van der Waals surface area contributed by atoms with Crippen LogP contribution in [0.5, 0.6) is 0 Å². The first-order chi connectivity index (χ1) is 14.6. The van der Waals surface area contributed by atoms with Crippen LogP contribution in [0.25, 0.3) is 21.3 Å². The Morgan fingerprint density at radius 3 is 2.60 bits per heavy atom. The summed E-state index contributed by atoms with van der Waals surface area (Å²) >= 11 is 8.58. The Hall–Kier alpha value is -2.67. The normalized spacial score (nSPS) is 11.0. The first kappa shape index (κ1) is 20.6. The van der Waals surface area contributed by atoms with Crippen LogP contribution < -0.4 is 5.56 Å². The van der Waals surface area contributed by atoms with Crippen molar-refractivity contribution in [3.8, 4) is 11.1 Å². The SMILES string of the molecule is C=CCn1c(SCC(=O)c2ccc(Cl)cc2)nc2scc(-c3ccccc3)c2c1=O. The van der Waals surface area contributed by atoms with E-state index >= 15 is 0 Å². The fraction of sp³-hybridized carbons (Fsp3) is 0.0870. The number of halogens is 1. The van der Waals surface area contributed by atoms with Gasteiger partial charge in [-0.25, -0.2) is 4.98 Å². The molecule has 30 heavy (non-hydrogen) atoms. The predicted molar refractivity (Wildman–Crippen MR) is 126 cm³/mol. The van der Waals surface area contributed by atoms with Crippen LogP contribution in [-0.4, -0.2) is 21.1 Å². The quantitative estimate of drug-likeness (QED) is 0.151. The van der Waals surface area contributed by atoms with Crippen molar-refractivity contribution in [1.29, 1.82) is 0 Å². The molecule has 0 amide bonds. The Morgan fingerprint density at radius 1 is 1.17 bits per heavy atom. The van der Waals surface area contributed by atoms with Crippen LogP contribution in [0.4, 0.5) is 0 Å². The molecule has 0 bridgehead atoms. The lowest BCUT2D eigenvalue weighted by Gasteiger charge is -2.10. The lowest BCUT2D eigenvalue weighted by Crippen LogP contribution is -2.23. The summed E-state index contributed by atoms with van der Waals surface area (Å²) in [5.74, 6) is 0.125. The fourth-order valence-corrected chi connectivity index (χ4v) is 5.10. The van der Waals surface area contributed by atoms with E-state index in [1.54, 1.807) is 34.9 Å². The number of carbonyl (C=O) groups is 1. The first-order valence-electron chi connectivity index (χ1n) is 9.18. The highest BCUT2D eigenvalue weighted by Gasteiger charge is 2.18. The van der Waals surface area contributed by atoms with E-state index in [1.165, 1.54) is 23.1 Å². The van der Waals surface area contributed by atoms with E-state index in [4.69, 9.17) is 16.6 Å². The maximum atomic E-state index is 13.3. The number of hydrogen-bond acceptors (Lipinski definition) is 5. The Bertz CT molecular complexity index is 1280. The van der Waals surface area contributed by atoms with Gasteiger partial charge in [0.2, 0.25) is 0 Å². The molecule has 0 fully saturated rings. The number of thiophene rings is 1. The molecule has 7 heteroatoms. The molecule has 0 N–H and O–H groups in total. The van der Waals surface area contributed by atoms with E-state index in [0.717, 1.165) is 11.1 Å². The molecule has 0 aliphatic rings. The van der Waals surface area contributed by atoms with Crippen LogP contribution in [-0.2, 0) is 6.54 Å². The molecule has 0 aliphatic carbocycles. The van der Waals surface area contributed by atoms with Crippen molar-refractivity contribution >= 4 is 50.7 Å². The second-order valence-corrected chi connectivity index (χ2v) is 8.75. The summed E-state index contributed by atoms with van der Waals surface area (Å²) in [7, 11) is 0. The van der Waals surface area contributed by atoms with Crippen molar-refractivity contribution in [2.24, 2.45) is 0 Å². The second-order valence-electron chi connectivity index (χ2n) is 6.51. The number of Topliss-reactive ketones (excluding diaryl/α,β-unsaturated/α-hetero) is 1. The van der Waals surface area contributed by atoms with E-state index in [0.29, 0.717) is 32.5 Å². The molecule has 0 spiro atoms. The van der Waals surface area contributed by atoms with Crippen molar-refractivity contribution in [3.05, 3.63) is 93.6 Å². The van der Waals surface area contributed by atoms with Crippen molar-refractivity contribution in [3.63, 3.8) is 0 Å². The van der Waals surface area contributed by atoms with E-state index in [2.05, 4.69) is 6.58 Å². The highest BCUT2D eigenvalue weighted by Crippen LogP contribution is 2.32. The van der Waals surface area contributed by atoms with E-state index in [9.17, 15) is 9.59 Å². The summed E-state index contributed by atoms with van der Waals surface area (Å²) in [6.07, 6.45) is 1.66. The Balaban J connectivity index is 1.70. The van der Waals surface area contributed by atoms with E-state index in [1.807, 2.05) is 35.7 Å². The average molecular weight is 453 g/mol. The standard InChI is InChI=1S/C23H17ClN2O2S2/c1-2-12-26-22(28)20-18(15-6-4-3-5-7-15)13-29-21(20)25-23(26)30-14-19(27)16-8-10-17(24)11-9-16/h2-11,13H,1,12,14H2. The van der Waals surface area contributed by atoms with Crippen LogP contribution in [0.3, 0.4) is 0 Å². The number of thioether (sulfide) groups is 1. The zero-order chi connectivity index (χ0) is 21.1. The van der Waals surface area contributed by atoms with E-state index < -0.39 is 0 Å². The molecule has 2 aromatic heterocycles. The number of benzene rings is 2. The molecular formula is C23H17ClN2O2S2. The van der Waals surface area contributed by atoms with Gasteiger partial charge in [0.05, 0.1) is 11.1 Å². The number of aromatic nitrogens is 2. The van der Waals surface area contributed by atoms with Crippen LogP contribution in [0.2, 0.25) is 5.02 Å². The van der Waals surface area contributed by atoms with Crippen molar-refractivity contribution in [1.82, 2.24) is 9.55 Å². The number of fused-ring (bicyclic) bond motifs is 1. The Morgan fingerprint density at radius 2 is 1.90 bits per heavy atom. The number of rotatable bonds is 7. The molecule has 0 unspecified atom stereocenters. The van der Waals surface area contributed by atoms with E-state index in [-0.39, 0.29) is 17.1 Å². The molecule has 0 aliphatic heterocycles. The van der Waals surface area contributed by atoms with Gasteiger partial charge in [-0.05, 0) is 29.8 Å². The number of allylic oxidation sites excluding steroid dienone is 1. The van der Waals surface area contributed by atoms with Gasteiger partial charge < -0.3 is 0 Å². The lowest BCUT2D eigenvalue weighted by molar-refractivity contribution is 0.102. The Kier molecular flexibility index (Phi) is 6.18. The van der Waals surface area contributed by atoms with Crippen molar-refractivity contribution in [2.75, 3.05) is 5.75 Å². The second kappa shape index (κ2) is 9.00. The molecule has 0 saturated heterocycles. The third kappa shape index (κ3) is 4.12. The van der Waals surface area contributed by atoms with Gasteiger partial charge in [-0.1, -0.05) is 59.8 Å². The predicted octanol–water partition coefficient (Wildman–Crippen LogP) is 5.94. The van der Waals surface area contributed by atoms with Gasteiger partial charge in [-0.3, -0.25) is 14.2 Å². The van der Waals surface area contributed by atoms with Gasteiger partial charge in [-0.2, -0.15) is 0 Å². The summed E-state index contributed by atoms with van der Waals surface area (Å²) in [5.41, 5.74) is 2.31. The largest absolute Gasteiger partial charge is 0.293 e. The zero-order valence-corrected chi connectivity index (χ0v) is 18.3. The number of carbonyl (C=O) groups excluding carboxylic acids is 1. The molecule has 2 aromatic carbocycles.